The molecule has 24 heavy (non-hydrogen) atoms. The molecule has 0 aliphatic carbocycles. The van der Waals surface area contributed by atoms with E-state index in [1.807, 2.05) is 25.1 Å². The van der Waals surface area contributed by atoms with Crippen molar-refractivity contribution < 1.29 is 4.79 Å². The number of aromatic nitrogens is 4. The molecule has 0 aliphatic rings. The first-order valence-electron chi connectivity index (χ1n) is 7.20. The molecule has 9 heteroatoms. The first-order valence-corrected chi connectivity index (χ1v) is 8.90. The highest BCUT2D eigenvalue weighted by Crippen LogP contribution is 2.27. The molecule has 0 radical (unpaired) electrons. The Balaban J connectivity index is 1.70. The Labute approximate surface area is 145 Å². The van der Waals surface area contributed by atoms with Gasteiger partial charge in [-0.1, -0.05) is 29.2 Å². The predicted molar refractivity (Wildman–Crippen MR) is 95.7 cm³/mol. The summed E-state index contributed by atoms with van der Waals surface area (Å²) >= 11 is 2.57. The molecule has 1 unspecified atom stereocenters. The minimum atomic E-state index is -0.452. The Morgan fingerprint density at radius 3 is 2.88 bits per heavy atom. The van der Waals surface area contributed by atoms with Gasteiger partial charge < -0.3 is 5.32 Å². The average Bonchev–Trinajstić information content (AvgIpc) is 2.92. The van der Waals surface area contributed by atoms with Crippen LogP contribution in [0.3, 0.4) is 0 Å². The maximum atomic E-state index is 12.3. The average molecular weight is 361 g/mol. The second-order valence-electron chi connectivity index (χ2n) is 5.28. The number of nitrogens with one attached hydrogen (secondary N) is 2. The molecule has 0 aliphatic heterocycles. The summed E-state index contributed by atoms with van der Waals surface area (Å²) < 4.78 is 1.03. The summed E-state index contributed by atoms with van der Waals surface area (Å²) in [7, 11) is 0. The van der Waals surface area contributed by atoms with E-state index in [2.05, 4.69) is 25.5 Å². The number of aryl methyl sites for hydroxylation is 2. The fourth-order valence-corrected chi connectivity index (χ4v) is 3.65. The van der Waals surface area contributed by atoms with Gasteiger partial charge in [0.25, 0.3) is 5.56 Å². The topological polar surface area (TPSA) is 101 Å². The lowest BCUT2D eigenvalue weighted by atomic mass is 10.2. The van der Waals surface area contributed by atoms with Gasteiger partial charge in [0.1, 0.15) is 5.69 Å². The molecule has 1 amide bonds. The Hall–Kier alpha value is -2.26. The van der Waals surface area contributed by atoms with Gasteiger partial charge in [0.05, 0.1) is 15.5 Å². The van der Waals surface area contributed by atoms with Crippen LogP contribution in [-0.4, -0.2) is 31.3 Å². The zero-order valence-corrected chi connectivity index (χ0v) is 14.9. The summed E-state index contributed by atoms with van der Waals surface area (Å²) in [6.45, 7) is 5.32. The van der Waals surface area contributed by atoms with Crippen LogP contribution in [0, 0.1) is 13.8 Å². The van der Waals surface area contributed by atoms with Gasteiger partial charge in [-0.15, -0.1) is 10.2 Å². The monoisotopic (exact) mass is 361 g/mol. The number of amides is 1. The molecule has 3 aromatic rings. The normalized spacial score (nSPS) is 12.3. The van der Waals surface area contributed by atoms with Gasteiger partial charge in [-0.25, -0.2) is 4.98 Å². The number of hydrogen-bond acceptors (Lipinski definition) is 7. The first kappa shape index (κ1) is 16.6. The van der Waals surface area contributed by atoms with Crippen LogP contribution >= 0.6 is 23.1 Å². The largest absolute Gasteiger partial charge is 0.301 e. The van der Waals surface area contributed by atoms with E-state index in [0.29, 0.717) is 16.0 Å². The Kier molecular flexibility index (Phi) is 4.63. The van der Waals surface area contributed by atoms with Crippen LogP contribution in [0.5, 0.6) is 0 Å². The van der Waals surface area contributed by atoms with Crippen molar-refractivity contribution in [1.29, 1.82) is 0 Å². The van der Waals surface area contributed by atoms with Crippen LogP contribution in [0.15, 0.2) is 28.2 Å². The molecular weight excluding hydrogens is 346 g/mol. The molecule has 2 heterocycles. The molecule has 7 nitrogen and oxygen atoms in total. The molecule has 124 valence electrons. The van der Waals surface area contributed by atoms with E-state index in [1.165, 1.54) is 11.3 Å². The fourth-order valence-electron chi connectivity index (χ4n) is 1.94. The number of benzene rings is 1. The number of thiazole rings is 1. The van der Waals surface area contributed by atoms with E-state index in [4.69, 9.17) is 0 Å². The highest BCUT2D eigenvalue weighted by Gasteiger charge is 2.18. The Morgan fingerprint density at radius 2 is 2.12 bits per heavy atom. The number of hydrogen-bond donors (Lipinski definition) is 2. The zero-order valence-electron chi connectivity index (χ0n) is 13.3. The van der Waals surface area contributed by atoms with E-state index in [9.17, 15) is 9.59 Å². The number of H-pyrrole nitrogens is 1. The second kappa shape index (κ2) is 6.70. The van der Waals surface area contributed by atoms with Crippen LogP contribution in [0.2, 0.25) is 0 Å². The van der Waals surface area contributed by atoms with Crippen LogP contribution in [0.1, 0.15) is 18.2 Å². The summed E-state index contributed by atoms with van der Waals surface area (Å²) in [6.07, 6.45) is 0. The molecule has 1 atom stereocenters. The standard InChI is InChI=1S/C15H15N5O2S2/c1-7-4-5-10-11(6-7)24-14(16-10)18-13(22)9(3)23-15-17-12(21)8(2)19-20-15/h4-6,9H,1-3H3,(H,16,18,22)(H,17,20,21). The summed E-state index contributed by atoms with van der Waals surface area (Å²) in [6, 6.07) is 5.95. The molecule has 3 rings (SSSR count). The highest BCUT2D eigenvalue weighted by molar-refractivity contribution is 8.00. The lowest BCUT2D eigenvalue weighted by Gasteiger charge is -2.08. The molecule has 0 spiro atoms. The molecule has 1 aromatic carbocycles. The minimum Gasteiger partial charge on any atom is -0.301 e. The van der Waals surface area contributed by atoms with Gasteiger partial charge in [-0.05, 0) is 38.5 Å². The summed E-state index contributed by atoms with van der Waals surface area (Å²) in [5.41, 5.74) is 1.99. The number of aromatic amines is 1. The molecule has 0 saturated carbocycles. The smallest absolute Gasteiger partial charge is 0.273 e. The van der Waals surface area contributed by atoms with Crippen molar-refractivity contribution in [2.75, 3.05) is 5.32 Å². The fraction of sp³-hybridized carbons (Fsp3) is 0.267. The van der Waals surface area contributed by atoms with Gasteiger partial charge in [0.2, 0.25) is 5.91 Å². The Morgan fingerprint density at radius 1 is 1.33 bits per heavy atom. The van der Waals surface area contributed by atoms with Gasteiger partial charge in [0.15, 0.2) is 10.3 Å². The lowest BCUT2D eigenvalue weighted by molar-refractivity contribution is -0.115. The number of carbonyl (C=O) groups excluding carboxylic acids is 1. The third kappa shape index (κ3) is 3.62. The number of anilines is 1. The van der Waals surface area contributed by atoms with Gasteiger partial charge in [-0.3, -0.25) is 14.6 Å². The number of rotatable bonds is 4. The molecule has 2 N–H and O–H groups in total. The third-order valence-electron chi connectivity index (χ3n) is 3.27. The molecule has 0 fully saturated rings. The van der Waals surface area contributed by atoms with Crippen molar-refractivity contribution >= 4 is 44.4 Å². The van der Waals surface area contributed by atoms with E-state index < -0.39 is 5.25 Å². The van der Waals surface area contributed by atoms with Crippen molar-refractivity contribution in [3.63, 3.8) is 0 Å². The van der Waals surface area contributed by atoms with Crippen LogP contribution < -0.4 is 10.9 Å². The predicted octanol–water partition coefficient (Wildman–Crippen LogP) is 2.51. The lowest BCUT2D eigenvalue weighted by Crippen LogP contribution is -2.23. The second-order valence-corrected chi connectivity index (χ2v) is 7.64. The number of fused-ring (bicyclic) bond motifs is 1. The van der Waals surface area contributed by atoms with E-state index >= 15 is 0 Å². The SMILES string of the molecule is Cc1ccc2nc(NC(=O)C(C)Sc3nnc(C)c(=O)[nH]3)sc2c1. The van der Waals surface area contributed by atoms with E-state index in [1.54, 1.807) is 13.8 Å². The summed E-state index contributed by atoms with van der Waals surface area (Å²) in [4.78, 5) is 30.8. The van der Waals surface area contributed by atoms with Crippen molar-refractivity contribution in [3.8, 4) is 0 Å². The third-order valence-corrected chi connectivity index (χ3v) is 5.18. The van der Waals surface area contributed by atoms with Gasteiger partial charge in [-0.2, -0.15) is 0 Å². The van der Waals surface area contributed by atoms with E-state index in [0.717, 1.165) is 27.5 Å². The van der Waals surface area contributed by atoms with Crippen molar-refractivity contribution in [2.45, 2.75) is 31.2 Å². The Bertz CT molecular complexity index is 966. The van der Waals surface area contributed by atoms with E-state index in [-0.39, 0.29) is 11.5 Å². The highest BCUT2D eigenvalue weighted by atomic mass is 32.2. The first-order chi connectivity index (χ1) is 11.4. The quantitative estimate of drug-likeness (QED) is 0.693. The zero-order chi connectivity index (χ0) is 17.3. The summed E-state index contributed by atoms with van der Waals surface area (Å²) in [5, 5.41) is 10.9. The number of carbonyl (C=O) groups is 1. The van der Waals surface area contributed by atoms with Crippen LogP contribution in [-0.2, 0) is 4.79 Å². The maximum absolute atomic E-state index is 12.3. The van der Waals surface area contributed by atoms with Gasteiger partial charge >= 0.3 is 0 Å². The number of nitrogens with zero attached hydrogens (tertiary/aromatic N) is 3. The minimum absolute atomic E-state index is 0.209. The molecular formula is C15H15N5O2S2. The van der Waals surface area contributed by atoms with Crippen molar-refractivity contribution in [2.24, 2.45) is 0 Å². The molecule has 2 aromatic heterocycles. The maximum Gasteiger partial charge on any atom is 0.273 e. The van der Waals surface area contributed by atoms with Crippen molar-refractivity contribution in [1.82, 2.24) is 20.2 Å². The van der Waals surface area contributed by atoms with Gasteiger partial charge in [0, 0.05) is 0 Å². The number of thioether (sulfide) groups is 1. The van der Waals surface area contributed by atoms with Crippen LogP contribution in [0.25, 0.3) is 10.2 Å². The molecule has 0 saturated heterocycles. The van der Waals surface area contributed by atoms with Crippen LogP contribution in [0.4, 0.5) is 5.13 Å². The van der Waals surface area contributed by atoms with Crippen molar-refractivity contribution in [3.05, 3.63) is 39.8 Å². The summed E-state index contributed by atoms with van der Waals surface area (Å²) in [5.74, 6) is -0.209. The molecule has 0 bridgehead atoms.